The molecule has 1 aromatic heterocycles. The largest absolute Gasteiger partial charge is 0.342 e. The van der Waals surface area contributed by atoms with E-state index < -0.39 is 10.0 Å². The summed E-state index contributed by atoms with van der Waals surface area (Å²) in [6.45, 7) is 5.79. The zero-order chi connectivity index (χ0) is 19.6. The summed E-state index contributed by atoms with van der Waals surface area (Å²) in [5, 5.41) is 0.629. The number of pyridine rings is 1. The number of nitrogens with zero attached hydrogens (tertiary/aromatic N) is 1. The molecule has 1 aliphatic heterocycles. The Morgan fingerprint density at radius 3 is 2.59 bits per heavy atom. The molecule has 0 spiro atoms. The van der Waals surface area contributed by atoms with Crippen LogP contribution in [0.5, 0.6) is 0 Å². The van der Waals surface area contributed by atoms with E-state index in [4.69, 9.17) is 0 Å². The van der Waals surface area contributed by atoms with E-state index >= 15 is 0 Å². The molecule has 1 amide bonds. The Bertz CT molecular complexity index is 989. The number of H-pyrrole nitrogens is 1. The number of likely N-dealkylation sites (tertiary alicyclic amines) is 1. The van der Waals surface area contributed by atoms with Gasteiger partial charge in [0.1, 0.15) is 0 Å². The normalized spacial score (nSPS) is 20.7. The molecule has 0 saturated carbocycles. The molecule has 0 aliphatic carbocycles. The van der Waals surface area contributed by atoms with Crippen LogP contribution < -0.4 is 10.3 Å². The van der Waals surface area contributed by atoms with Crippen LogP contribution in [0.15, 0.2) is 40.0 Å². The second-order valence-electron chi connectivity index (χ2n) is 7.46. The Morgan fingerprint density at radius 2 is 1.89 bits per heavy atom. The second kappa shape index (κ2) is 7.82. The van der Waals surface area contributed by atoms with Gasteiger partial charge >= 0.3 is 0 Å². The van der Waals surface area contributed by atoms with Crippen molar-refractivity contribution >= 4 is 26.8 Å². The molecule has 1 aromatic carbocycles. The third-order valence-corrected chi connectivity index (χ3v) is 6.32. The van der Waals surface area contributed by atoms with E-state index in [9.17, 15) is 18.0 Å². The van der Waals surface area contributed by atoms with Crippen LogP contribution in [0.1, 0.15) is 26.7 Å². The molecule has 2 N–H and O–H groups in total. The van der Waals surface area contributed by atoms with Gasteiger partial charge in [-0.15, -0.1) is 0 Å². The van der Waals surface area contributed by atoms with Gasteiger partial charge in [-0.1, -0.05) is 13.8 Å². The minimum Gasteiger partial charge on any atom is -0.342 e. The van der Waals surface area contributed by atoms with E-state index in [2.05, 4.69) is 23.6 Å². The van der Waals surface area contributed by atoms with Crippen molar-refractivity contribution in [3.05, 3.63) is 40.7 Å². The van der Waals surface area contributed by atoms with Crippen LogP contribution in [0.25, 0.3) is 10.9 Å². The van der Waals surface area contributed by atoms with E-state index in [0.29, 0.717) is 22.7 Å². The molecular formula is C19H25N3O4S. The number of hydrogen-bond acceptors (Lipinski definition) is 4. The molecule has 146 valence electrons. The molecule has 0 radical (unpaired) electrons. The summed E-state index contributed by atoms with van der Waals surface area (Å²) < 4.78 is 27.5. The zero-order valence-corrected chi connectivity index (χ0v) is 16.4. The van der Waals surface area contributed by atoms with Crippen LogP contribution in [0, 0.1) is 11.8 Å². The summed E-state index contributed by atoms with van der Waals surface area (Å²) in [5.41, 5.74) is 0.334. The van der Waals surface area contributed by atoms with Gasteiger partial charge in [0.25, 0.3) is 0 Å². The van der Waals surface area contributed by atoms with E-state index in [-0.39, 0.29) is 29.3 Å². The van der Waals surface area contributed by atoms with Crippen LogP contribution >= 0.6 is 0 Å². The van der Waals surface area contributed by atoms with Crippen molar-refractivity contribution in [1.29, 1.82) is 0 Å². The zero-order valence-electron chi connectivity index (χ0n) is 15.6. The number of aromatic amines is 1. The first-order valence-electron chi connectivity index (χ1n) is 9.15. The van der Waals surface area contributed by atoms with Gasteiger partial charge in [0.05, 0.1) is 4.90 Å². The molecule has 8 heteroatoms. The number of benzene rings is 1. The lowest BCUT2D eigenvalue weighted by molar-refractivity contribution is -0.133. The number of carbonyl (C=O) groups excluding carboxylic acids is 1. The lowest BCUT2D eigenvalue weighted by atomic mass is 9.92. The van der Waals surface area contributed by atoms with Gasteiger partial charge in [-0.3, -0.25) is 9.59 Å². The molecule has 1 saturated heterocycles. The average Bonchev–Trinajstić information content (AvgIpc) is 2.60. The Morgan fingerprint density at radius 1 is 1.19 bits per heavy atom. The fraction of sp³-hybridized carbons (Fsp3) is 0.474. The molecule has 27 heavy (non-hydrogen) atoms. The second-order valence-corrected chi connectivity index (χ2v) is 9.23. The third-order valence-electron chi connectivity index (χ3n) is 4.86. The standard InChI is InChI=1S/C19H25N3O4S/c1-13-9-14(2)12-22(11-13)19(24)7-8-20-27(25,26)16-4-5-17-15(10-16)3-6-18(23)21-17/h3-6,10,13-14,20H,7-9,11-12H2,1-2H3,(H,21,23)/t13-,14-/m1/s1. The highest BCUT2D eigenvalue weighted by atomic mass is 32.2. The summed E-state index contributed by atoms with van der Waals surface area (Å²) in [4.78, 5) is 28.3. The van der Waals surface area contributed by atoms with Gasteiger partial charge in [-0.05, 0) is 47.9 Å². The molecule has 0 bridgehead atoms. The van der Waals surface area contributed by atoms with Crippen molar-refractivity contribution in [3.63, 3.8) is 0 Å². The van der Waals surface area contributed by atoms with Crippen molar-refractivity contribution in [2.75, 3.05) is 19.6 Å². The van der Waals surface area contributed by atoms with Crippen LogP contribution in [0.4, 0.5) is 0 Å². The van der Waals surface area contributed by atoms with E-state index in [1.165, 1.54) is 18.2 Å². The Labute approximate surface area is 158 Å². The summed E-state index contributed by atoms with van der Waals surface area (Å²) >= 11 is 0. The maximum Gasteiger partial charge on any atom is 0.248 e. The summed E-state index contributed by atoms with van der Waals surface area (Å²) in [6, 6.07) is 7.44. The molecule has 3 rings (SSSR count). The number of aromatic nitrogens is 1. The molecule has 2 heterocycles. The summed E-state index contributed by atoms with van der Waals surface area (Å²) in [6.07, 6.45) is 1.25. The number of carbonyl (C=O) groups is 1. The number of rotatable bonds is 5. The third kappa shape index (κ3) is 4.75. The minimum absolute atomic E-state index is 0.0211. The molecule has 1 aliphatic rings. The number of amides is 1. The van der Waals surface area contributed by atoms with E-state index in [1.807, 2.05) is 4.90 Å². The average molecular weight is 391 g/mol. The lowest BCUT2D eigenvalue weighted by Gasteiger charge is -2.35. The van der Waals surface area contributed by atoms with E-state index in [1.54, 1.807) is 12.1 Å². The van der Waals surface area contributed by atoms with Crippen LogP contribution in [0.3, 0.4) is 0 Å². The number of sulfonamides is 1. The monoisotopic (exact) mass is 391 g/mol. The Balaban J connectivity index is 1.62. The molecule has 2 atom stereocenters. The topological polar surface area (TPSA) is 99.3 Å². The highest BCUT2D eigenvalue weighted by Crippen LogP contribution is 2.21. The number of nitrogens with one attached hydrogen (secondary N) is 2. The molecule has 2 aromatic rings. The minimum atomic E-state index is -3.72. The Kier molecular flexibility index (Phi) is 5.67. The van der Waals surface area contributed by atoms with E-state index in [0.717, 1.165) is 19.5 Å². The lowest BCUT2D eigenvalue weighted by Crippen LogP contribution is -2.43. The van der Waals surface area contributed by atoms with Crippen LogP contribution in [0.2, 0.25) is 0 Å². The van der Waals surface area contributed by atoms with Crippen molar-refractivity contribution in [2.24, 2.45) is 11.8 Å². The maximum absolute atomic E-state index is 12.5. The van der Waals surface area contributed by atoms with Gasteiger partial charge in [0, 0.05) is 37.6 Å². The van der Waals surface area contributed by atoms with Crippen molar-refractivity contribution in [2.45, 2.75) is 31.6 Å². The molecular weight excluding hydrogens is 366 g/mol. The number of piperidine rings is 1. The first kappa shape index (κ1) is 19.6. The number of hydrogen-bond donors (Lipinski definition) is 2. The van der Waals surface area contributed by atoms with Gasteiger partial charge in [-0.2, -0.15) is 0 Å². The Hall–Kier alpha value is -2.19. The number of fused-ring (bicyclic) bond motifs is 1. The van der Waals surface area contributed by atoms with Crippen molar-refractivity contribution < 1.29 is 13.2 Å². The molecule has 7 nitrogen and oxygen atoms in total. The van der Waals surface area contributed by atoms with Crippen LogP contribution in [-0.4, -0.2) is 43.8 Å². The fourth-order valence-corrected chi connectivity index (χ4v) is 4.77. The first-order valence-corrected chi connectivity index (χ1v) is 10.6. The van der Waals surface area contributed by atoms with Gasteiger partial charge in [-0.25, -0.2) is 13.1 Å². The van der Waals surface area contributed by atoms with Gasteiger partial charge in [0.15, 0.2) is 0 Å². The predicted molar refractivity (Wildman–Crippen MR) is 104 cm³/mol. The smallest absolute Gasteiger partial charge is 0.248 e. The molecule has 0 unspecified atom stereocenters. The molecule has 1 fully saturated rings. The summed E-state index contributed by atoms with van der Waals surface area (Å²) in [7, 11) is -3.72. The quantitative estimate of drug-likeness (QED) is 0.810. The van der Waals surface area contributed by atoms with Crippen molar-refractivity contribution in [3.8, 4) is 0 Å². The van der Waals surface area contributed by atoms with Gasteiger partial charge in [0.2, 0.25) is 21.5 Å². The van der Waals surface area contributed by atoms with Crippen molar-refractivity contribution in [1.82, 2.24) is 14.6 Å². The fourth-order valence-electron chi connectivity index (χ4n) is 3.70. The predicted octanol–water partition coefficient (Wildman–Crippen LogP) is 1.70. The summed E-state index contributed by atoms with van der Waals surface area (Å²) in [5.74, 6) is 0.920. The SMILES string of the molecule is C[C@@H]1C[C@@H](C)CN(C(=O)CCNS(=O)(=O)c2ccc3[nH]c(=O)ccc3c2)C1. The maximum atomic E-state index is 12.5. The first-order chi connectivity index (χ1) is 12.7. The van der Waals surface area contributed by atoms with Crippen LogP contribution in [-0.2, 0) is 14.8 Å². The highest BCUT2D eigenvalue weighted by Gasteiger charge is 2.25. The van der Waals surface area contributed by atoms with Gasteiger partial charge < -0.3 is 9.88 Å². The highest BCUT2D eigenvalue weighted by molar-refractivity contribution is 7.89.